The Morgan fingerprint density at radius 2 is 1.70 bits per heavy atom. The Morgan fingerprint density at radius 3 is 2.37 bits per heavy atom. The number of ether oxygens (including phenoxy) is 1. The summed E-state index contributed by atoms with van der Waals surface area (Å²) < 4.78 is 18.6. The Morgan fingerprint density at radius 1 is 1.04 bits per heavy atom. The molecule has 1 saturated heterocycles. The molecule has 0 unspecified atom stereocenters. The molecule has 0 radical (unpaired) electrons. The molecule has 0 bridgehead atoms. The number of amides is 2. The largest absolute Gasteiger partial charge is 0.381 e. The van der Waals surface area contributed by atoms with E-state index in [1.54, 1.807) is 30.3 Å². The van der Waals surface area contributed by atoms with Gasteiger partial charge in [-0.2, -0.15) is 0 Å². The van der Waals surface area contributed by atoms with Crippen LogP contribution in [0.2, 0.25) is 0 Å². The molecule has 1 aliphatic heterocycles. The Hall–Kier alpha value is -2.77. The summed E-state index contributed by atoms with van der Waals surface area (Å²) in [5.74, 6) is -0.996. The summed E-state index contributed by atoms with van der Waals surface area (Å²) >= 11 is 0. The van der Waals surface area contributed by atoms with Crippen molar-refractivity contribution in [3.63, 3.8) is 0 Å². The second kappa shape index (κ2) is 8.28. The maximum absolute atomic E-state index is 13.3. The summed E-state index contributed by atoms with van der Waals surface area (Å²) in [7, 11) is 0. The van der Waals surface area contributed by atoms with E-state index < -0.39 is 17.1 Å². The summed E-state index contributed by atoms with van der Waals surface area (Å²) in [6, 6.07) is 12.2. The molecule has 1 aliphatic rings. The van der Waals surface area contributed by atoms with Crippen LogP contribution >= 0.6 is 0 Å². The highest BCUT2D eigenvalue weighted by molar-refractivity contribution is 6.05. The lowest BCUT2D eigenvalue weighted by atomic mass is 9.79. The minimum absolute atomic E-state index is 0.170. The van der Waals surface area contributed by atoms with Crippen LogP contribution in [0.15, 0.2) is 48.5 Å². The van der Waals surface area contributed by atoms with E-state index in [1.165, 1.54) is 18.2 Å². The van der Waals surface area contributed by atoms with Gasteiger partial charge in [0.25, 0.3) is 5.91 Å². The van der Waals surface area contributed by atoms with Crippen LogP contribution in [-0.4, -0.2) is 31.6 Å². The first kappa shape index (κ1) is 19.0. The number of nitrogens with two attached hydrogens (primary N) is 1. The van der Waals surface area contributed by atoms with Crippen molar-refractivity contribution >= 4 is 23.2 Å². The van der Waals surface area contributed by atoms with Gasteiger partial charge in [-0.25, -0.2) is 4.39 Å². The third kappa shape index (κ3) is 4.50. The average molecular weight is 371 g/mol. The Bertz CT molecular complexity index is 835. The SMILES string of the molecule is NCC1(C(=O)Nc2cccc(C(=O)Nc3cccc(F)c3)c2)CCOCC1. The van der Waals surface area contributed by atoms with Crippen LogP contribution in [-0.2, 0) is 9.53 Å². The summed E-state index contributed by atoms with van der Waals surface area (Å²) in [5, 5.41) is 5.49. The van der Waals surface area contributed by atoms with Gasteiger partial charge in [0.2, 0.25) is 5.91 Å². The third-order valence-corrected chi connectivity index (χ3v) is 4.79. The maximum atomic E-state index is 13.3. The van der Waals surface area contributed by atoms with Gasteiger partial charge < -0.3 is 21.1 Å². The van der Waals surface area contributed by atoms with E-state index in [1.807, 2.05) is 0 Å². The predicted octanol–water partition coefficient (Wildman–Crippen LogP) is 2.77. The summed E-state index contributed by atoms with van der Waals surface area (Å²) in [5.41, 5.74) is 6.42. The minimum atomic E-state index is -0.655. The van der Waals surface area contributed by atoms with Crippen molar-refractivity contribution in [3.8, 4) is 0 Å². The highest BCUT2D eigenvalue weighted by atomic mass is 19.1. The van der Waals surface area contributed by atoms with Gasteiger partial charge in [0.1, 0.15) is 5.82 Å². The Balaban J connectivity index is 1.71. The molecule has 2 aromatic rings. The molecular weight excluding hydrogens is 349 g/mol. The van der Waals surface area contributed by atoms with Gasteiger partial charge in [-0.05, 0) is 49.2 Å². The fourth-order valence-electron chi connectivity index (χ4n) is 3.06. The molecule has 3 rings (SSSR count). The van der Waals surface area contributed by atoms with Crippen molar-refractivity contribution < 1.29 is 18.7 Å². The van der Waals surface area contributed by atoms with E-state index in [2.05, 4.69) is 10.6 Å². The fourth-order valence-corrected chi connectivity index (χ4v) is 3.06. The highest BCUT2D eigenvalue weighted by Crippen LogP contribution is 2.31. The zero-order valence-corrected chi connectivity index (χ0v) is 14.8. The second-order valence-electron chi connectivity index (χ2n) is 6.60. The predicted molar refractivity (Wildman–Crippen MR) is 101 cm³/mol. The fraction of sp³-hybridized carbons (Fsp3) is 0.300. The van der Waals surface area contributed by atoms with Gasteiger partial charge in [0.05, 0.1) is 5.41 Å². The first-order valence-electron chi connectivity index (χ1n) is 8.79. The molecular formula is C20H22FN3O3. The van der Waals surface area contributed by atoms with Crippen molar-refractivity contribution in [2.75, 3.05) is 30.4 Å². The molecule has 2 aromatic carbocycles. The number of carbonyl (C=O) groups is 2. The number of benzene rings is 2. The van der Waals surface area contributed by atoms with Crippen LogP contribution in [0.25, 0.3) is 0 Å². The van der Waals surface area contributed by atoms with Gasteiger partial charge >= 0.3 is 0 Å². The van der Waals surface area contributed by atoms with Gasteiger partial charge in [0.15, 0.2) is 0 Å². The van der Waals surface area contributed by atoms with Crippen LogP contribution < -0.4 is 16.4 Å². The van der Waals surface area contributed by atoms with Gasteiger partial charge in [-0.3, -0.25) is 9.59 Å². The number of hydrogen-bond donors (Lipinski definition) is 3. The summed E-state index contributed by atoms with van der Waals surface area (Å²) in [4.78, 5) is 25.1. The summed E-state index contributed by atoms with van der Waals surface area (Å²) in [6.45, 7) is 1.24. The minimum Gasteiger partial charge on any atom is -0.381 e. The molecule has 0 saturated carbocycles. The van der Waals surface area contributed by atoms with E-state index in [-0.39, 0.29) is 12.5 Å². The number of rotatable bonds is 5. The topological polar surface area (TPSA) is 93.5 Å². The van der Waals surface area contributed by atoms with Crippen molar-refractivity contribution in [1.82, 2.24) is 0 Å². The number of anilines is 2. The standard InChI is InChI=1S/C20H22FN3O3/c21-15-4-2-6-17(12-15)23-18(25)14-3-1-5-16(11-14)24-19(26)20(13-22)7-9-27-10-8-20/h1-6,11-12H,7-10,13,22H2,(H,23,25)(H,24,26). The molecule has 1 heterocycles. The second-order valence-corrected chi connectivity index (χ2v) is 6.60. The Kier molecular flexibility index (Phi) is 5.83. The van der Waals surface area contributed by atoms with Crippen molar-refractivity contribution in [1.29, 1.82) is 0 Å². The maximum Gasteiger partial charge on any atom is 0.255 e. The summed E-state index contributed by atoms with van der Waals surface area (Å²) in [6.07, 6.45) is 1.13. The van der Waals surface area contributed by atoms with Gasteiger partial charge in [-0.15, -0.1) is 0 Å². The molecule has 142 valence electrons. The molecule has 1 fully saturated rings. The molecule has 27 heavy (non-hydrogen) atoms. The lowest BCUT2D eigenvalue weighted by Gasteiger charge is -2.34. The lowest BCUT2D eigenvalue weighted by Crippen LogP contribution is -2.46. The van der Waals surface area contributed by atoms with E-state index in [0.29, 0.717) is 43.0 Å². The first-order chi connectivity index (χ1) is 13.0. The first-order valence-corrected chi connectivity index (χ1v) is 8.79. The van der Waals surface area contributed by atoms with Crippen molar-refractivity contribution in [2.45, 2.75) is 12.8 Å². The van der Waals surface area contributed by atoms with Gasteiger partial charge in [0, 0.05) is 36.7 Å². The number of hydrogen-bond acceptors (Lipinski definition) is 4. The molecule has 4 N–H and O–H groups in total. The molecule has 2 amide bonds. The van der Waals surface area contributed by atoms with Crippen LogP contribution in [0.4, 0.5) is 15.8 Å². The molecule has 6 nitrogen and oxygen atoms in total. The number of halogens is 1. The number of nitrogens with one attached hydrogen (secondary N) is 2. The van der Waals surface area contributed by atoms with Gasteiger partial charge in [-0.1, -0.05) is 12.1 Å². The Labute approximate surface area is 156 Å². The normalized spacial score (nSPS) is 15.8. The molecule has 0 aromatic heterocycles. The molecule has 0 spiro atoms. The quantitative estimate of drug-likeness (QED) is 0.753. The molecule has 7 heteroatoms. The van der Waals surface area contributed by atoms with E-state index in [4.69, 9.17) is 10.5 Å². The highest BCUT2D eigenvalue weighted by Gasteiger charge is 2.38. The average Bonchev–Trinajstić information content (AvgIpc) is 2.68. The smallest absolute Gasteiger partial charge is 0.255 e. The zero-order valence-electron chi connectivity index (χ0n) is 14.8. The van der Waals surface area contributed by atoms with Crippen LogP contribution in [0.3, 0.4) is 0 Å². The van der Waals surface area contributed by atoms with E-state index in [0.717, 1.165) is 0 Å². The number of carbonyl (C=O) groups excluding carboxylic acids is 2. The van der Waals surface area contributed by atoms with Crippen LogP contribution in [0.5, 0.6) is 0 Å². The van der Waals surface area contributed by atoms with E-state index >= 15 is 0 Å². The molecule has 0 atom stereocenters. The monoisotopic (exact) mass is 371 g/mol. The van der Waals surface area contributed by atoms with Crippen LogP contribution in [0.1, 0.15) is 23.2 Å². The lowest BCUT2D eigenvalue weighted by molar-refractivity contribution is -0.130. The third-order valence-electron chi connectivity index (χ3n) is 4.79. The van der Waals surface area contributed by atoms with E-state index in [9.17, 15) is 14.0 Å². The van der Waals surface area contributed by atoms with Crippen molar-refractivity contribution in [2.24, 2.45) is 11.1 Å². The van der Waals surface area contributed by atoms with Crippen LogP contribution in [0, 0.1) is 11.2 Å². The van der Waals surface area contributed by atoms with Crippen molar-refractivity contribution in [3.05, 3.63) is 59.9 Å². The zero-order chi connectivity index (χ0) is 19.3. The molecule has 0 aliphatic carbocycles.